The number of carboxylic acid groups (broad SMARTS) is 1. The van der Waals surface area contributed by atoms with Gasteiger partial charge in [0.05, 0.1) is 0 Å². The number of hydrogen-bond acceptors (Lipinski definition) is 4. The van der Waals surface area contributed by atoms with Crippen LogP contribution in [0.3, 0.4) is 0 Å². The second kappa shape index (κ2) is 6.22. The number of hydrogen-bond donors (Lipinski definition) is 2. The SMILES string of the molecule is CNC(C(=O)O)C(=O)OCC1c2ccccc2-c2ccccc21. The fraction of sp³-hybridized carbons (Fsp3) is 0.222. The van der Waals surface area contributed by atoms with Gasteiger partial charge in [0, 0.05) is 5.92 Å². The Kier molecular flexibility index (Phi) is 4.12. The molecule has 0 bridgehead atoms. The molecule has 5 nitrogen and oxygen atoms in total. The average Bonchev–Trinajstić information content (AvgIpc) is 2.87. The molecule has 0 aliphatic heterocycles. The van der Waals surface area contributed by atoms with Gasteiger partial charge >= 0.3 is 11.9 Å². The van der Waals surface area contributed by atoms with E-state index in [0.717, 1.165) is 22.3 Å². The fourth-order valence-corrected chi connectivity index (χ4v) is 3.03. The molecular formula is C18H17NO4. The maximum absolute atomic E-state index is 11.9. The lowest BCUT2D eigenvalue weighted by Crippen LogP contribution is -2.42. The number of benzene rings is 2. The van der Waals surface area contributed by atoms with Crippen LogP contribution in [0, 0.1) is 0 Å². The van der Waals surface area contributed by atoms with E-state index in [0.29, 0.717) is 0 Å². The molecular weight excluding hydrogens is 294 g/mol. The monoisotopic (exact) mass is 311 g/mol. The van der Waals surface area contributed by atoms with Gasteiger partial charge in [-0.3, -0.25) is 5.32 Å². The fourth-order valence-electron chi connectivity index (χ4n) is 3.03. The molecule has 0 saturated heterocycles. The highest BCUT2D eigenvalue weighted by atomic mass is 16.5. The minimum atomic E-state index is -1.35. The highest BCUT2D eigenvalue weighted by Crippen LogP contribution is 2.44. The third kappa shape index (κ3) is 2.71. The Labute approximate surface area is 133 Å². The molecule has 1 unspecified atom stereocenters. The lowest BCUT2D eigenvalue weighted by atomic mass is 9.98. The molecule has 0 saturated carbocycles. The molecule has 0 spiro atoms. The Bertz CT molecular complexity index is 711. The number of aliphatic carboxylic acids is 1. The maximum atomic E-state index is 11.9. The smallest absolute Gasteiger partial charge is 0.334 e. The van der Waals surface area contributed by atoms with Gasteiger partial charge in [-0.2, -0.15) is 0 Å². The van der Waals surface area contributed by atoms with Crippen molar-refractivity contribution in [1.29, 1.82) is 0 Å². The van der Waals surface area contributed by atoms with Gasteiger partial charge < -0.3 is 9.84 Å². The van der Waals surface area contributed by atoms with Crippen LogP contribution in [0.1, 0.15) is 17.0 Å². The third-order valence-corrected chi connectivity index (χ3v) is 4.13. The van der Waals surface area contributed by atoms with E-state index in [1.165, 1.54) is 7.05 Å². The first kappa shape index (κ1) is 15.2. The molecule has 3 rings (SSSR count). The van der Waals surface area contributed by atoms with Crippen LogP contribution in [0.4, 0.5) is 0 Å². The minimum Gasteiger partial charge on any atom is -0.480 e. The average molecular weight is 311 g/mol. The van der Waals surface area contributed by atoms with E-state index in [-0.39, 0.29) is 12.5 Å². The number of ether oxygens (including phenoxy) is 1. The molecule has 0 heterocycles. The van der Waals surface area contributed by atoms with Gasteiger partial charge in [0.25, 0.3) is 0 Å². The van der Waals surface area contributed by atoms with Crippen molar-refractivity contribution >= 4 is 11.9 Å². The number of likely N-dealkylation sites (N-methyl/N-ethyl adjacent to an activating group) is 1. The van der Waals surface area contributed by atoms with Crippen LogP contribution in [0.15, 0.2) is 48.5 Å². The van der Waals surface area contributed by atoms with Crippen LogP contribution in [0.2, 0.25) is 0 Å². The summed E-state index contributed by atoms with van der Waals surface area (Å²) in [5.41, 5.74) is 4.45. The lowest BCUT2D eigenvalue weighted by molar-refractivity contribution is -0.155. The Morgan fingerprint density at radius 2 is 1.61 bits per heavy atom. The van der Waals surface area contributed by atoms with Crippen molar-refractivity contribution < 1.29 is 19.4 Å². The topological polar surface area (TPSA) is 75.6 Å². The van der Waals surface area contributed by atoms with E-state index in [4.69, 9.17) is 9.84 Å². The third-order valence-electron chi connectivity index (χ3n) is 4.13. The van der Waals surface area contributed by atoms with Crippen molar-refractivity contribution in [3.63, 3.8) is 0 Å². The Morgan fingerprint density at radius 1 is 1.09 bits per heavy atom. The number of carboxylic acids is 1. The summed E-state index contributed by atoms with van der Waals surface area (Å²) in [7, 11) is 1.42. The second-order valence-corrected chi connectivity index (χ2v) is 5.42. The molecule has 23 heavy (non-hydrogen) atoms. The lowest BCUT2D eigenvalue weighted by Gasteiger charge is -2.16. The number of fused-ring (bicyclic) bond motifs is 3. The first-order valence-corrected chi connectivity index (χ1v) is 7.38. The van der Waals surface area contributed by atoms with Crippen LogP contribution >= 0.6 is 0 Å². The summed E-state index contributed by atoms with van der Waals surface area (Å²) in [6.45, 7) is 0.123. The van der Waals surface area contributed by atoms with Crippen molar-refractivity contribution in [3.05, 3.63) is 59.7 Å². The molecule has 1 aliphatic rings. The number of rotatable bonds is 5. The molecule has 118 valence electrons. The van der Waals surface area contributed by atoms with Gasteiger partial charge in [0.2, 0.25) is 6.04 Å². The van der Waals surface area contributed by atoms with Gasteiger partial charge in [0.1, 0.15) is 6.61 Å². The van der Waals surface area contributed by atoms with Gasteiger partial charge in [-0.1, -0.05) is 48.5 Å². The molecule has 2 aromatic carbocycles. The van der Waals surface area contributed by atoms with Crippen molar-refractivity contribution in [2.24, 2.45) is 0 Å². The van der Waals surface area contributed by atoms with Crippen molar-refractivity contribution in [2.45, 2.75) is 12.0 Å². The van der Waals surface area contributed by atoms with Gasteiger partial charge in [-0.15, -0.1) is 0 Å². The van der Waals surface area contributed by atoms with E-state index in [1.54, 1.807) is 0 Å². The summed E-state index contributed by atoms with van der Waals surface area (Å²) in [5, 5.41) is 11.4. The van der Waals surface area contributed by atoms with Crippen LogP contribution in [-0.2, 0) is 14.3 Å². The quantitative estimate of drug-likeness (QED) is 0.652. The van der Waals surface area contributed by atoms with Crippen molar-refractivity contribution in [1.82, 2.24) is 5.32 Å². The molecule has 0 aromatic heterocycles. The molecule has 5 heteroatoms. The Hall–Kier alpha value is -2.66. The second-order valence-electron chi connectivity index (χ2n) is 5.42. The van der Waals surface area contributed by atoms with Crippen LogP contribution in [-0.4, -0.2) is 36.7 Å². The zero-order chi connectivity index (χ0) is 16.4. The minimum absolute atomic E-state index is 0.0716. The summed E-state index contributed by atoms with van der Waals surface area (Å²) in [5.74, 6) is -2.09. The molecule has 2 aromatic rings. The maximum Gasteiger partial charge on any atom is 0.334 e. The molecule has 1 aliphatic carbocycles. The van der Waals surface area contributed by atoms with Gasteiger partial charge in [-0.05, 0) is 29.3 Å². The zero-order valence-electron chi connectivity index (χ0n) is 12.7. The molecule has 2 N–H and O–H groups in total. The first-order valence-electron chi connectivity index (χ1n) is 7.38. The summed E-state index contributed by atoms with van der Waals surface area (Å²) in [6.07, 6.45) is 0. The Balaban J connectivity index is 1.84. The first-order chi connectivity index (χ1) is 11.1. The number of nitrogens with one attached hydrogen (secondary N) is 1. The number of esters is 1. The van der Waals surface area contributed by atoms with E-state index in [1.807, 2.05) is 48.5 Å². The standard InChI is InChI=1S/C18H17NO4/c1-19-16(17(20)21)18(22)23-10-15-13-8-4-2-6-11(13)12-7-3-5-9-14(12)15/h2-9,15-16,19H,10H2,1H3,(H,20,21). The summed E-state index contributed by atoms with van der Waals surface area (Å²) < 4.78 is 5.27. The summed E-state index contributed by atoms with van der Waals surface area (Å²) >= 11 is 0. The highest BCUT2D eigenvalue weighted by Gasteiger charge is 2.31. The molecule has 0 radical (unpaired) electrons. The van der Waals surface area contributed by atoms with Crippen LogP contribution < -0.4 is 5.32 Å². The van der Waals surface area contributed by atoms with E-state index >= 15 is 0 Å². The van der Waals surface area contributed by atoms with Crippen LogP contribution in [0.5, 0.6) is 0 Å². The molecule has 0 fully saturated rings. The van der Waals surface area contributed by atoms with Gasteiger partial charge in [0.15, 0.2) is 0 Å². The predicted octanol–water partition coefficient (Wildman–Crippen LogP) is 2.01. The molecule has 0 amide bonds. The van der Waals surface area contributed by atoms with E-state index < -0.39 is 18.0 Å². The zero-order valence-corrected chi connectivity index (χ0v) is 12.7. The summed E-state index contributed by atoms with van der Waals surface area (Å²) in [6, 6.07) is 14.6. The predicted molar refractivity (Wildman–Crippen MR) is 85.2 cm³/mol. The molecule has 1 atom stereocenters. The van der Waals surface area contributed by atoms with Crippen LogP contribution in [0.25, 0.3) is 11.1 Å². The number of carbonyl (C=O) groups excluding carboxylic acids is 1. The largest absolute Gasteiger partial charge is 0.480 e. The van der Waals surface area contributed by atoms with E-state index in [2.05, 4.69) is 5.32 Å². The highest BCUT2D eigenvalue weighted by molar-refractivity contribution is 5.98. The van der Waals surface area contributed by atoms with Crippen molar-refractivity contribution in [3.8, 4) is 11.1 Å². The Morgan fingerprint density at radius 3 is 2.09 bits per heavy atom. The van der Waals surface area contributed by atoms with Crippen molar-refractivity contribution in [2.75, 3.05) is 13.7 Å². The summed E-state index contributed by atoms with van der Waals surface area (Å²) in [4.78, 5) is 22.9. The normalized spacial score (nSPS) is 14.0. The van der Waals surface area contributed by atoms with E-state index in [9.17, 15) is 9.59 Å². The number of carbonyl (C=O) groups is 2. The van der Waals surface area contributed by atoms with Gasteiger partial charge in [-0.25, -0.2) is 9.59 Å².